The van der Waals surface area contributed by atoms with Crippen LogP contribution in [0.25, 0.3) is 0 Å². The fraction of sp³-hybridized carbons (Fsp3) is 0.524. The molecule has 2 fully saturated rings. The van der Waals surface area contributed by atoms with Crippen molar-refractivity contribution in [1.82, 2.24) is 15.1 Å². The molecule has 3 aliphatic heterocycles. The van der Waals surface area contributed by atoms with E-state index in [0.29, 0.717) is 30.8 Å². The number of nitrogens with one attached hydrogen (secondary N) is 1. The second-order valence-corrected chi connectivity index (χ2v) is 7.99. The molecule has 2 atom stereocenters. The van der Waals surface area contributed by atoms with Gasteiger partial charge >= 0.3 is 0 Å². The predicted molar refractivity (Wildman–Crippen MR) is 106 cm³/mol. The summed E-state index contributed by atoms with van der Waals surface area (Å²) in [5.41, 5.74) is 7.21. The van der Waals surface area contributed by atoms with Crippen LogP contribution in [-0.4, -0.2) is 71.8 Å². The summed E-state index contributed by atoms with van der Waals surface area (Å²) >= 11 is 0. The number of nitrogens with two attached hydrogens (primary N) is 1. The molecule has 0 radical (unpaired) electrons. The monoisotopic (exact) mass is 414 g/mol. The summed E-state index contributed by atoms with van der Waals surface area (Å²) < 4.78 is 5.83. The Morgan fingerprint density at radius 3 is 2.70 bits per heavy atom. The predicted octanol–water partition coefficient (Wildman–Crippen LogP) is 0.0275. The van der Waals surface area contributed by atoms with Crippen LogP contribution in [-0.2, 0) is 20.9 Å². The molecule has 9 heteroatoms. The fourth-order valence-corrected chi connectivity index (χ4v) is 4.35. The van der Waals surface area contributed by atoms with Gasteiger partial charge in [0.15, 0.2) is 0 Å². The Morgan fingerprint density at radius 1 is 1.13 bits per heavy atom. The first-order valence-electron chi connectivity index (χ1n) is 10.4. The Kier molecular flexibility index (Phi) is 5.94. The molecular weight excluding hydrogens is 388 g/mol. The third kappa shape index (κ3) is 4.00. The van der Waals surface area contributed by atoms with E-state index in [9.17, 15) is 19.2 Å². The van der Waals surface area contributed by atoms with Crippen LogP contribution in [0.3, 0.4) is 0 Å². The average molecular weight is 414 g/mol. The molecule has 3 heterocycles. The average Bonchev–Trinajstić information content (AvgIpc) is 2.85. The second kappa shape index (κ2) is 8.63. The first-order chi connectivity index (χ1) is 14.5. The molecule has 1 aromatic carbocycles. The Labute approximate surface area is 174 Å². The number of fused-ring (bicyclic) bond motifs is 1. The van der Waals surface area contributed by atoms with Gasteiger partial charge in [-0.1, -0.05) is 6.07 Å². The number of imide groups is 2. The molecule has 9 nitrogen and oxygen atoms in total. The van der Waals surface area contributed by atoms with Crippen LogP contribution in [0.2, 0.25) is 0 Å². The number of hydrogen-bond donors (Lipinski definition) is 2. The summed E-state index contributed by atoms with van der Waals surface area (Å²) in [6.07, 6.45) is 2.08. The number of nitrogens with zero attached hydrogens (tertiary/aromatic N) is 2. The molecule has 3 aliphatic rings. The van der Waals surface area contributed by atoms with Crippen LogP contribution >= 0.6 is 0 Å². The minimum atomic E-state index is -0.946. The van der Waals surface area contributed by atoms with E-state index in [1.807, 2.05) is 6.07 Å². The quantitative estimate of drug-likeness (QED) is 0.652. The lowest BCUT2D eigenvalue weighted by molar-refractivity contribution is -0.136. The van der Waals surface area contributed by atoms with Crippen molar-refractivity contribution in [1.29, 1.82) is 0 Å². The molecule has 0 aliphatic carbocycles. The van der Waals surface area contributed by atoms with E-state index in [-0.39, 0.29) is 24.9 Å². The van der Waals surface area contributed by atoms with Gasteiger partial charge in [0.1, 0.15) is 6.04 Å². The maximum atomic E-state index is 13.0. The van der Waals surface area contributed by atoms with Crippen molar-refractivity contribution < 1.29 is 23.9 Å². The van der Waals surface area contributed by atoms with E-state index >= 15 is 0 Å². The molecule has 2 saturated heterocycles. The summed E-state index contributed by atoms with van der Waals surface area (Å²) in [4.78, 5) is 52.6. The second-order valence-electron chi connectivity index (χ2n) is 7.99. The summed E-state index contributed by atoms with van der Waals surface area (Å²) in [7, 11) is 0. The van der Waals surface area contributed by atoms with Crippen molar-refractivity contribution in [2.45, 2.75) is 44.4 Å². The smallest absolute Gasteiger partial charge is 0.262 e. The summed E-state index contributed by atoms with van der Waals surface area (Å²) in [5.74, 6) is -1.95. The highest BCUT2D eigenvalue weighted by Gasteiger charge is 2.44. The number of ether oxygens (including phenoxy) is 1. The van der Waals surface area contributed by atoms with Gasteiger partial charge in [-0.25, -0.2) is 0 Å². The number of benzene rings is 1. The van der Waals surface area contributed by atoms with Gasteiger partial charge in [0.2, 0.25) is 11.8 Å². The molecule has 0 bridgehead atoms. The number of piperidine rings is 1. The number of hydrogen-bond acceptors (Lipinski definition) is 7. The van der Waals surface area contributed by atoms with Crippen LogP contribution in [0.15, 0.2) is 18.2 Å². The molecule has 3 N–H and O–H groups in total. The highest BCUT2D eigenvalue weighted by molar-refractivity contribution is 6.23. The van der Waals surface area contributed by atoms with Crippen molar-refractivity contribution in [2.24, 2.45) is 5.73 Å². The zero-order valence-corrected chi connectivity index (χ0v) is 16.8. The van der Waals surface area contributed by atoms with Crippen LogP contribution in [0.5, 0.6) is 0 Å². The van der Waals surface area contributed by atoms with Crippen LogP contribution < -0.4 is 11.1 Å². The Morgan fingerprint density at radius 2 is 1.93 bits per heavy atom. The molecule has 2 unspecified atom stereocenters. The number of amides is 4. The largest absolute Gasteiger partial charge is 0.377 e. The third-order valence-electron chi connectivity index (χ3n) is 5.83. The maximum Gasteiger partial charge on any atom is 0.262 e. The van der Waals surface area contributed by atoms with E-state index in [1.165, 1.54) is 0 Å². The van der Waals surface area contributed by atoms with Crippen molar-refractivity contribution in [3.05, 3.63) is 34.9 Å². The van der Waals surface area contributed by atoms with E-state index < -0.39 is 23.8 Å². The lowest BCUT2D eigenvalue weighted by Gasteiger charge is -2.27. The van der Waals surface area contributed by atoms with Gasteiger partial charge in [-0.3, -0.25) is 34.3 Å². The van der Waals surface area contributed by atoms with Crippen molar-refractivity contribution >= 4 is 23.6 Å². The van der Waals surface area contributed by atoms with Crippen molar-refractivity contribution in [2.75, 3.05) is 26.2 Å². The molecule has 0 spiro atoms. The van der Waals surface area contributed by atoms with E-state index in [1.54, 1.807) is 12.1 Å². The molecule has 0 aromatic heterocycles. The first kappa shape index (κ1) is 20.6. The number of carbonyl (C=O) groups excluding carboxylic acids is 4. The zero-order chi connectivity index (χ0) is 21.3. The lowest BCUT2D eigenvalue weighted by Crippen LogP contribution is -2.54. The number of carbonyl (C=O) groups is 4. The molecule has 4 rings (SSSR count). The molecule has 160 valence electrons. The van der Waals surface area contributed by atoms with Crippen molar-refractivity contribution in [3.63, 3.8) is 0 Å². The maximum absolute atomic E-state index is 13.0. The Hall–Kier alpha value is -2.62. The minimum absolute atomic E-state index is 0.0955. The highest BCUT2D eigenvalue weighted by atomic mass is 16.5. The fourth-order valence-electron chi connectivity index (χ4n) is 4.35. The summed E-state index contributed by atoms with van der Waals surface area (Å²) in [6, 6.07) is 4.30. The topological polar surface area (TPSA) is 122 Å². The molecule has 1 aromatic rings. The minimum Gasteiger partial charge on any atom is -0.377 e. The van der Waals surface area contributed by atoms with Gasteiger partial charge in [-0.15, -0.1) is 0 Å². The third-order valence-corrected chi connectivity index (χ3v) is 5.83. The lowest BCUT2D eigenvalue weighted by atomic mass is 10.0. The van der Waals surface area contributed by atoms with Crippen molar-refractivity contribution in [3.8, 4) is 0 Å². The molecule has 0 saturated carbocycles. The van der Waals surface area contributed by atoms with Crippen LogP contribution in [0.4, 0.5) is 0 Å². The standard InChI is InChI=1S/C21H26N4O5/c22-7-6-14-12-24(8-1-9-30-14)11-13-2-3-15-16(10-13)21(29)25(20(15)28)17-4-5-18(26)23-19(17)27/h2-3,10,14,17H,1,4-9,11-12,22H2,(H,23,26,27). The molecular formula is C21H26N4O5. The van der Waals surface area contributed by atoms with E-state index in [4.69, 9.17) is 10.5 Å². The summed E-state index contributed by atoms with van der Waals surface area (Å²) in [6.45, 7) is 3.57. The van der Waals surface area contributed by atoms with Gasteiger partial charge < -0.3 is 10.5 Å². The van der Waals surface area contributed by atoms with Gasteiger partial charge in [0.05, 0.1) is 17.2 Å². The summed E-state index contributed by atoms with van der Waals surface area (Å²) in [5, 5.41) is 2.21. The van der Waals surface area contributed by atoms with Crippen LogP contribution in [0, 0.1) is 0 Å². The van der Waals surface area contributed by atoms with Gasteiger partial charge in [-0.05, 0) is 43.5 Å². The van der Waals surface area contributed by atoms with E-state index in [2.05, 4.69) is 10.2 Å². The van der Waals surface area contributed by atoms with E-state index in [0.717, 1.165) is 36.4 Å². The van der Waals surface area contributed by atoms with Gasteiger partial charge in [-0.2, -0.15) is 0 Å². The normalized spacial score (nSPS) is 25.3. The first-order valence-corrected chi connectivity index (χ1v) is 10.4. The van der Waals surface area contributed by atoms with Gasteiger partial charge in [0.25, 0.3) is 11.8 Å². The Bertz CT molecular complexity index is 886. The number of rotatable bonds is 5. The van der Waals surface area contributed by atoms with Gasteiger partial charge in [0, 0.05) is 32.7 Å². The van der Waals surface area contributed by atoms with Crippen LogP contribution in [0.1, 0.15) is 52.0 Å². The molecule has 4 amide bonds. The Balaban J connectivity index is 1.50. The molecule has 30 heavy (non-hydrogen) atoms. The zero-order valence-electron chi connectivity index (χ0n) is 16.8. The highest BCUT2D eigenvalue weighted by Crippen LogP contribution is 2.28. The SMILES string of the molecule is NCCC1CN(Cc2ccc3c(c2)C(=O)N(C2CCC(=O)NC2=O)C3=O)CCCO1.